The van der Waals surface area contributed by atoms with E-state index < -0.39 is 36.8 Å². The molecule has 8 nitrogen and oxygen atoms in total. The number of aryl methyl sites for hydroxylation is 1. The van der Waals surface area contributed by atoms with Crippen LogP contribution in [0.2, 0.25) is 0 Å². The maximum absolute atomic E-state index is 12.8. The van der Waals surface area contributed by atoms with Crippen LogP contribution >= 0.6 is 0 Å². The number of aliphatic hydroxyl groups excluding tert-OH is 3. The summed E-state index contributed by atoms with van der Waals surface area (Å²) in [5.74, 6) is -1.27. The standard InChI is InChI=1S/C17H24FN3O5/c1-2-14(23)20-11-8-21(12(9-22)17(26)16(11)25)15(24)6-4-10-3-5-13(18)19-7-10/h3,5,7,11-12,16-17,22,25-26H,2,4,6,8-9H2,1H3,(H,20,23). The molecule has 2 heterocycles. The Morgan fingerprint density at radius 3 is 2.65 bits per heavy atom. The molecule has 1 aromatic rings. The number of aliphatic hydroxyl groups is 3. The first-order valence-electron chi connectivity index (χ1n) is 8.53. The molecule has 0 aliphatic carbocycles. The summed E-state index contributed by atoms with van der Waals surface area (Å²) in [4.78, 5) is 29.0. The van der Waals surface area contributed by atoms with Crippen molar-refractivity contribution in [2.24, 2.45) is 0 Å². The molecule has 0 aromatic carbocycles. The summed E-state index contributed by atoms with van der Waals surface area (Å²) < 4.78 is 12.8. The zero-order chi connectivity index (χ0) is 19.3. The Bertz CT molecular complexity index is 627. The lowest BCUT2D eigenvalue weighted by Gasteiger charge is -2.45. The van der Waals surface area contributed by atoms with Gasteiger partial charge in [-0.1, -0.05) is 13.0 Å². The van der Waals surface area contributed by atoms with Crippen molar-refractivity contribution >= 4 is 11.8 Å². The Labute approximate surface area is 150 Å². The van der Waals surface area contributed by atoms with Crippen molar-refractivity contribution in [2.75, 3.05) is 13.2 Å². The van der Waals surface area contributed by atoms with Crippen LogP contribution < -0.4 is 5.32 Å². The summed E-state index contributed by atoms with van der Waals surface area (Å²) in [6.07, 6.45) is -0.758. The zero-order valence-corrected chi connectivity index (χ0v) is 14.5. The molecule has 4 atom stereocenters. The van der Waals surface area contributed by atoms with E-state index in [1.54, 1.807) is 6.92 Å². The monoisotopic (exact) mass is 369 g/mol. The molecule has 0 bridgehead atoms. The second kappa shape index (κ2) is 9.02. The van der Waals surface area contributed by atoms with E-state index in [-0.39, 0.29) is 31.2 Å². The van der Waals surface area contributed by atoms with Gasteiger partial charge < -0.3 is 25.5 Å². The second-order valence-corrected chi connectivity index (χ2v) is 6.29. The minimum atomic E-state index is -1.38. The molecule has 1 aliphatic heterocycles. The van der Waals surface area contributed by atoms with E-state index >= 15 is 0 Å². The molecule has 0 saturated carbocycles. The van der Waals surface area contributed by atoms with Gasteiger partial charge in [0.2, 0.25) is 17.8 Å². The number of rotatable bonds is 6. The molecule has 4 N–H and O–H groups in total. The fourth-order valence-corrected chi connectivity index (χ4v) is 2.99. The van der Waals surface area contributed by atoms with Gasteiger partial charge in [0.05, 0.1) is 18.7 Å². The minimum absolute atomic E-state index is 0.0182. The number of likely N-dealkylation sites (tertiary alicyclic amines) is 1. The van der Waals surface area contributed by atoms with Gasteiger partial charge in [-0.25, -0.2) is 4.98 Å². The van der Waals surface area contributed by atoms with Gasteiger partial charge in [0.1, 0.15) is 12.2 Å². The molecule has 1 saturated heterocycles. The van der Waals surface area contributed by atoms with E-state index in [4.69, 9.17) is 0 Å². The van der Waals surface area contributed by atoms with E-state index in [1.165, 1.54) is 23.2 Å². The molecule has 2 rings (SSSR count). The number of carbonyl (C=O) groups is 2. The number of amides is 2. The topological polar surface area (TPSA) is 123 Å². The second-order valence-electron chi connectivity index (χ2n) is 6.29. The third-order valence-electron chi connectivity index (χ3n) is 4.54. The molecular formula is C17H24FN3O5. The third kappa shape index (κ3) is 4.75. The van der Waals surface area contributed by atoms with E-state index in [0.717, 1.165) is 0 Å². The average molecular weight is 369 g/mol. The number of pyridine rings is 1. The summed E-state index contributed by atoms with van der Waals surface area (Å²) in [6, 6.07) is 0.946. The molecule has 9 heteroatoms. The summed E-state index contributed by atoms with van der Waals surface area (Å²) in [5.41, 5.74) is 0.675. The first kappa shape index (κ1) is 20.2. The number of piperidine rings is 1. The molecule has 144 valence electrons. The predicted molar refractivity (Wildman–Crippen MR) is 89.3 cm³/mol. The fourth-order valence-electron chi connectivity index (χ4n) is 2.99. The van der Waals surface area contributed by atoms with Crippen LogP contribution in [0, 0.1) is 5.95 Å². The zero-order valence-electron chi connectivity index (χ0n) is 14.5. The molecule has 1 aromatic heterocycles. The molecule has 1 aliphatic rings. The van der Waals surface area contributed by atoms with Gasteiger partial charge in [-0.2, -0.15) is 4.39 Å². The SMILES string of the molecule is CCC(=O)NC1CN(C(=O)CCc2ccc(F)nc2)C(CO)C(O)C1O. The number of carbonyl (C=O) groups excluding carboxylic acids is 2. The van der Waals surface area contributed by atoms with Crippen molar-refractivity contribution in [3.8, 4) is 0 Å². The first-order chi connectivity index (χ1) is 12.4. The lowest BCUT2D eigenvalue weighted by atomic mass is 9.91. The lowest BCUT2D eigenvalue weighted by Crippen LogP contribution is -2.67. The fraction of sp³-hybridized carbons (Fsp3) is 0.588. The molecule has 4 unspecified atom stereocenters. The molecule has 26 heavy (non-hydrogen) atoms. The van der Waals surface area contributed by atoms with Crippen LogP contribution in [0.25, 0.3) is 0 Å². The van der Waals surface area contributed by atoms with E-state index in [0.29, 0.717) is 12.0 Å². The van der Waals surface area contributed by atoms with Gasteiger partial charge in [0.25, 0.3) is 0 Å². The maximum Gasteiger partial charge on any atom is 0.223 e. The summed E-state index contributed by atoms with van der Waals surface area (Å²) in [7, 11) is 0. The lowest BCUT2D eigenvalue weighted by molar-refractivity contribution is -0.153. The first-order valence-corrected chi connectivity index (χ1v) is 8.53. The van der Waals surface area contributed by atoms with E-state index in [2.05, 4.69) is 10.3 Å². The summed E-state index contributed by atoms with van der Waals surface area (Å²) in [5, 5.41) is 32.5. The van der Waals surface area contributed by atoms with Gasteiger partial charge >= 0.3 is 0 Å². The average Bonchev–Trinajstić information content (AvgIpc) is 2.64. The quantitative estimate of drug-likeness (QED) is 0.476. The number of aromatic nitrogens is 1. The highest BCUT2D eigenvalue weighted by Gasteiger charge is 2.43. The van der Waals surface area contributed by atoms with Crippen LogP contribution in [-0.2, 0) is 16.0 Å². The van der Waals surface area contributed by atoms with Crippen molar-refractivity contribution in [3.63, 3.8) is 0 Å². The van der Waals surface area contributed by atoms with Crippen molar-refractivity contribution in [2.45, 2.75) is 50.5 Å². The van der Waals surface area contributed by atoms with Crippen molar-refractivity contribution < 1.29 is 29.3 Å². The maximum atomic E-state index is 12.8. The van der Waals surface area contributed by atoms with E-state index in [9.17, 15) is 29.3 Å². The van der Waals surface area contributed by atoms with Crippen LogP contribution in [0.4, 0.5) is 4.39 Å². The summed E-state index contributed by atoms with van der Waals surface area (Å²) in [6.45, 7) is 1.11. The van der Waals surface area contributed by atoms with Crippen LogP contribution in [0.5, 0.6) is 0 Å². The molecule has 1 fully saturated rings. The van der Waals surface area contributed by atoms with Crippen molar-refractivity contribution in [1.82, 2.24) is 15.2 Å². The number of hydrogen-bond acceptors (Lipinski definition) is 6. The largest absolute Gasteiger partial charge is 0.394 e. The summed E-state index contributed by atoms with van der Waals surface area (Å²) >= 11 is 0. The number of halogens is 1. The normalized spacial score (nSPS) is 25.8. The van der Waals surface area contributed by atoms with Crippen molar-refractivity contribution in [3.05, 3.63) is 29.8 Å². The van der Waals surface area contributed by atoms with Crippen molar-refractivity contribution in [1.29, 1.82) is 0 Å². The molecule has 0 spiro atoms. The van der Waals surface area contributed by atoms with Crippen LogP contribution in [0.15, 0.2) is 18.3 Å². The highest BCUT2D eigenvalue weighted by Crippen LogP contribution is 2.20. The smallest absolute Gasteiger partial charge is 0.223 e. The number of hydrogen-bond donors (Lipinski definition) is 4. The Hall–Kier alpha value is -2.10. The third-order valence-corrected chi connectivity index (χ3v) is 4.54. The Morgan fingerprint density at radius 2 is 2.08 bits per heavy atom. The van der Waals surface area contributed by atoms with Crippen LogP contribution in [0.3, 0.4) is 0 Å². The van der Waals surface area contributed by atoms with Crippen LogP contribution in [-0.4, -0.2) is 74.5 Å². The number of nitrogens with one attached hydrogen (secondary N) is 1. The highest BCUT2D eigenvalue weighted by atomic mass is 19.1. The Balaban J connectivity index is 2.06. The van der Waals surface area contributed by atoms with Gasteiger partial charge in [0, 0.05) is 25.6 Å². The van der Waals surface area contributed by atoms with Crippen LogP contribution in [0.1, 0.15) is 25.3 Å². The highest BCUT2D eigenvalue weighted by molar-refractivity contribution is 5.78. The Morgan fingerprint density at radius 1 is 1.35 bits per heavy atom. The Kier molecular flexibility index (Phi) is 7.01. The van der Waals surface area contributed by atoms with Gasteiger partial charge in [0.15, 0.2) is 0 Å². The van der Waals surface area contributed by atoms with Gasteiger partial charge in [-0.15, -0.1) is 0 Å². The predicted octanol–water partition coefficient (Wildman–Crippen LogP) is -1.03. The molecule has 0 radical (unpaired) electrons. The van der Waals surface area contributed by atoms with Gasteiger partial charge in [-0.3, -0.25) is 9.59 Å². The van der Waals surface area contributed by atoms with E-state index in [1.807, 2.05) is 0 Å². The van der Waals surface area contributed by atoms with Gasteiger partial charge in [-0.05, 0) is 18.1 Å². The molecule has 2 amide bonds. The number of nitrogens with zero attached hydrogens (tertiary/aromatic N) is 2. The molecular weight excluding hydrogens is 345 g/mol. The minimum Gasteiger partial charge on any atom is -0.394 e.